The molecule has 0 aliphatic rings. The van der Waals surface area contributed by atoms with Crippen LogP contribution in [0.2, 0.25) is 0 Å². The smallest absolute Gasteiger partial charge is 0.472 e. The molecule has 2 atom stereocenters. The van der Waals surface area contributed by atoms with Crippen molar-refractivity contribution < 1.29 is 32.8 Å². The number of rotatable bonds is 39. The summed E-state index contributed by atoms with van der Waals surface area (Å²) in [5.74, 6) is -0.345. The molecule has 0 saturated carbocycles. The number of allylic oxidation sites excluding steroid dienone is 9. The first-order valence-electron chi connectivity index (χ1n) is 20.8. The van der Waals surface area contributed by atoms with Crippen molar-refractivity contribution in [1.29, 1.82) is 0 Å². The summed E-state index contributed by atoms with van der Waals surface area (Å²) in [6.45, 7) is 4.12. The SMILES string of the molecule is CCCCCC=CCC=CCC=CCC=CCCCC(=O)OCC(COP(=O)(O)OCCN)OC=CCCCCCCCCCCCCCCCC. The van der Waals surface area contributed by atoms with E-state index in [1.165, 1.54) is 109 Å². The van der Waals surface area contributed by atoms with E-state index < -0.39 is 13.9 Å². The lowest BCUT2D eigenvalue weighted by Crippen LogP contribution is -2.25. The van der Waals surface area contributed by atoms with Crippen LogP contribution in [-0.4, -0.2) is 43.3 Å². The second-order valence-corrected chi connectivity index (χ2v) is 15.0. The topological polar surface area (TPSA) is 117 Å². The molecule has 0 aromatic rings. The van der Waals surface area contributed by atoms with Gasteiger partial charge in [-0.3, -0.25) is 13.8 Å². The number of phosphoric acid groups is 1. The molecule has 0 saturated heterocycles. The van der Waals surface area contributed by atoms with Crippen LogP contribution in [0.15, 0.2) is 60.9 Å². The zero-order valence-electron chi connectivity index (χ0n) is 33.3. The Labute approximate surface area is 319 Å². The maximum Gasteiger partial charge on any atom is 0.472 e. The molecule has 3 N–H and O–H groups in total. The number of phosphoric ester groups is 1. The van der Waals surface area contributed by atoms with Crippen LogP contribution in [0, 0.1) is 0 Å². The third kappa shape index (κ3) is 39.3. The van der Waals surface area contributed by atoms with Crippen molar-refractivity contribution in [3.8, 4) is 0 Å². The van der Waals surface area contributed by atoms with E-state index in [1.807, 2.05) is 6.08 Å². The van der Waals surface area contributed by atoms with E-state index in [-0.39, 0.29) is 38.8 Å². The standard InChI is InChI=1S/C43H78NO7P/c1-3-5-7-9-11-13-15-17-19-21-22-24-26-28-30-32-34-36-43(45)49-40-42(41-51-52(46,47)50-39-37-44)48-38-35-33-31-29-27-25-23-20-18-16-14-12-10-8-6-4-2/h11,13,17,19,22,24,28,30,35,38,42H,3-10,12,14-16,18,20-21,23,25-27,29,31-34,36-37,39-41,44H2,1-2H3,(H,46,47). The van der Waals surface area contributed by atoms with Gasteiger partial charge in [-0.15, -0.1) is 0 Å². The normalized spacial score (nSPS) is 14.1. The van der Waals surface area contributed by atoms with Gasteiger partial charge in [0.15, 0.2) is 6.10 Å². The highest BCUT2D eigenvalue weighted by Crippen LogP contribution is 2.43. The van der Waals surface area contributed by atoms with Crippen LogP contribution in [-0.2, 0) is 27.9 Å². The van der Waals surface area contributed by atoms with Crippen LogP contribution in [0.1, 0.15) is 174 Å². The summed E-state index contributed by atoms with van der Waals surface area (Å²) in [4.78, 5) is 22.2. The van der Waals surface area contributed by atoms with Gasteiger partial charge in [0.2, 0.25) is 0 Å². The number of esters is 1. The molecular weight excluding hydrogens is 673 g/mol. The van der Waals surface area contributed by atoms with E-state index in [0.29, 0.717) is 6.42 Å². The minimum absolute atomic E-state index is 0.0918. The molecule has 52 heavy (non-hydrogen) atoms. The fraction of sp³-hybridized carbons (Fsp3) is 0.744. The average Bonchev–Trinajstić information content (AvgIpc) is 3.14. The summed E-state index contributed by atoms with van der Waals surface area (Å²) >= 11 is 0. The average molecular weight is 752 g/mol. The summed E-state index contributed by atoms with van der Waals surface area (Å²) in [6, 6.07) is 0. The Morgan fingerprint density at radius 2 is 1.04 bits per heavy atom. The molecule has 0 aromatic carbocycles. The van der Waals surface area contributed by atoms with Crippen molar-refractivity contribution in [3.63, 3.8) is 0 Å². The molecule has 0 aliphatic carbocycles. The highest BCUT2D eigenvalue weighted by atomic mass is 31.2. The van der Waals surface area contributed by atoms with Gasteiger partial charge in [0.1, 0.15) is 6.61 Å². The molecule has 0 spiro atoms. The quantitative estimate of drug-likeness (QED) is 0.0210. The predicted molar refractivity (Wildman–Crippen MR) is 219 cm³/mol. The predicted octanol–water partition coefficient (Wildman–Crippen LogP) is 12.5. The number of carbonyl (C=O) groups excluding carboxylic acids is 1. The fourth-order valence-electron chi connectivity index (χ4n) is 5.38. The van der Waals surface area contributed by atoms with Gasteiger partial charge in [-0.1, -0.05) is 159 Å². The largest absolute Gasteiger partial charge is 0.492 e. The Hall–Kier alpha value is -1.96. The zero-order chi connectivity index (χ0) is 38.1. The molecule has 302 valence electrons. The third-order valence-electron chi connectivity index (χ3n) is 8.53. The van der Waals surface area contributed by atoms with Crippen molar-refractivity contribution in [3.05, 3.63) is 60.9 Å². The lowest BCUT2D eigenvalue weighted by Gasteiger charge is -2.19. The summed E-state index contributed by atoms with van der Waals surface area (Å²) in [5, 5.41) is 0. The highest BCUT2D eigenvalue weighted by molar-refractivity contribution is 7.47. The lowest BCUT2D eigenvalue weighted by atomic mass is 10.0. The molecule has 0 aromatic heterocycles. The fourth-order valence-corrected chi connectivity index (χ4v) is 6.15. The second-order valence-electron chi connectivity index (χ2n) is 13.6. The number of hydrogen-bond acceptors (Lipinski definition) is 7. The van der Waals surface area contributed by atoms with E-state index in [2.05, 4.69) is 62.5 Å². The number of unbranched alkanes of at least 4 members (excludes halogenated alkanes) is 18. The Morgan fingerprint density at radius 3 is 1.58 bits per heavy atom. The summed E-state index contributed by atoms with van der Waals surface area (Å²) in [7, 11) is -4.28. The zero-order valence-corrected chi connectivity index (χ0v) is 34.2. The minimum Gasteiger partial charge on any atom is -0.492 e. The molecule has 0 heterocycles. The van der Waals surface area contributed by atoms with Gasteiger partial charge in [-0.2, -0.15) is 0 Å². The molecule has 0 aliphatic heterocycles. The second kappa shape index (κ2) is 40.2. The molecule has 0 rings (SSSR count). The molecular formula is C43H78NO7P. The van der Waals surface area contributed by atoms with Crippen LogP contribution in [0.3, 0.4) is 0 Å². The minimum atomic E-state index is -4.28. The van der Waals surface area contributed by atoms with Crippen LogP contribution >= 0.6 is 7.82 Å². The van der Waals surface area contributed by atoms with Gasteiger partial charge in [0, 0.05) is 13.0 Å². The van der Waals surface area contributed by atoms with Gasteiger partial charge in [-0.25, -0.2) is 4.57 Å². The van der Waals surface area contributed by atoms with Gasteiger partial charge < -0.3 is 20.1 Å². The molecule has 0 radical (unpaired) electrons. The summed E-state index contributed by atoms with van der Waals surface area (Å²) < 4.78 is 33.1. The summed E-state index contributed by atoms with van der Waals surface area (Å²) in [6.07, 6.45) is 49.1. The molecule has 0 fully saturated rings. The number of hydrogen-bond donors (Lipinski definition) is 2. The van der Waals surface area contributed by atoms with Crippen molar-refractivity contribution in [1.82, 2.24) is 0 Å². The Kier molecular flexibility index (Phi) is 38.7. The maximum absolute atomic E-state index is 12.4. The molecule has 0 bridgehead atoms. The lowest BCUT2D eigenvalue weighted by molar-refractivity contribution is -0.147. The van der Waals surface area contributed by atoms with E-state index in [1.54, 1.807) is 6.26 Å². The summed E-state index contributed by atoms with van der Waals surface area (Å²) in [5.41, 5.74) is 5.36. The van der Waals surface area contributed by atoms with Crippen LogP contribution in [0.4, 0.5) is 0 Å². The third-order valence-corrected chi connectivity index (χ3v) is 9.51. The van der Waals surface area contributed by atoms with Gasteiger partial charge >= 0.3 is 13.8 Å². The molecule has 9 heteroatoms. The van der Waals surface area contributed by atoms with Crippen LogP contribution in [0.5, 0.6) is 0 Å². The van der Waals surface area contributed by atoms with E-state index in [4.69, 9.17) is 24.3 Å². The van der Waals surface area contributed by atoms with Crippen LogP contribution in [0.25, 0.3) is 0 Å². The van der Waals surface area contributed by atoms with Gasteiger partial charge in [0.25, 0.3) is 0 Å². The van der Waals surface area contributed by atoms with Crippen molar-refractivity contribution in [2.75, 3.05) is 26.4 Å². The first kappa shape index (κ1) is 50.0. The van der Waals surface area contributed by atoms with Gasteiger partial charge in [-0.05, 0) is 63.9 Å². The van der Waals surface area contributed by atoms with Crippen molar-refractivity contribution in [2.24, 2.45) is 5.73 Å². The first-order valence-corrected chi connectivity index (χ1v) is 22.3. The molecule has 0 amide bonds. The monoisotopic (exact) mass is 752 g/mol. The number of carbonyl (C=O) groups is 1. The highest BCUT2D eigenvalue weighted by Gasteiger charge is 2.24. The Morgan fingerprint density at radius 1 is 0.596 bits per heavy atom. The Bertz CT molecular complexity index is 979. The maximum atomic E-state index is 12.4. The number of ether oxygens (including phenoxy) is 2. The molecule has 8 nitrogen and oxygen atoms in total. The van der Waals surface area contributed by atoms with E-state index in [9.17, 15) is 14.3 Å². The van der Waals surface area contributed by atoms with Crippen molar-refractivity contribution in [2.45, 2.75) is 180 Å². The van der Waals surface area contributed by atoms with E-state index >= 15 is 0 Å². The van der Waals surface area contributed by atoms with Crippen molar-refractivity contribution >= 4 is 13.8 Å². The van der Waals surface area contributed by atoms with Crippen LogP contribution < -0.4 is 5.73 Å². The molecule has 2 unspecified atom stereocenters. The number of nitrogens with two attached hydrogens (primary N) is 1. The first-order chi connectivity index (χ1) is 25.4. The Balaban J connectivity index is 4.20. The van der Waals surface area contributed by atoms with Gasteiger partial charge in [0.05, 0.1) is 19.5 Å². The van der Waals surface area contributed by atoms with E-state index in [0.717, 1.165) is 38.5 Å².